The number of pyridine rings is 1. The average Bonchev–Trinajstić information content (AvgIpc) is 2.51. The van der Waals surface area contributed by atoms with Gasteiger partial charge in [-0.25, -0.2) is 4.98 Å². The SMILES string of the molecule is NC(=O)c1nc2ccc(N3CCOCC3)cn2c(=O)c1O. The Bertz CT molecular complexity index is 765. The molecule has 0 aliphatic carbocycles. The summed E-state index contributed by atoms with van der Waals surface area (Å²) < 4.78 is 6.48. The zero-order valence-electron chi connectivity index (χ0n) is 11.2. The van der Waals surface area contributed by atoms with E-state index in [-0.39, 0.29) is 5.65 Å². The van der Waals surface area contributed by atoms with E-state index in [9.17, 15) is 14.7 Å². The highest BCUT2D eigenvalue weighted by molar-refractivity contribution is 5.93. The number of aromatic hydroxyl groups is 1. The van der Waals surface area contributed by atoms with Gasteiger partial charge in [0.15, 0.2) is 5.69 Å². The predicted octanol–water partition coefficient (Wildman–Crippen LogP) is -0.664. The highest BCUT2D eigenvalue weighted by Crippen LogP contribution is 2.17. The molecular weight excluding hydrogens is 276 g/mol. The Balaban J connectivity index is 2.13. The van der Waals surface area contributed by atoms with Crippen molar-refractivity contribution in [3.63, 3.8) is 0 Å². The Morgan fingerprint density at radius 2 is 2.05 bits per heavy atom. The molecule has 0 spiro atoms. The van der Waals surface area contributed by atoms with Crippen molar-refractivity contribution >= 4 is 17.2 Å². The molecule has 0 bridgehead atoms. The average molecular weight is 290 g/mol. The van der Waals surface area contributed by atoms with E-state index in [4.69, 9.17) is 10.5 Å². The molecule has 0 unspecified atom stereocenters. The molecule has 1 saturated heterocycles. The summed E-state index contributed by atoms with van der Waals surface area (Å²) in [5.74, 6) is -1.68. The predicted molar refractivity (Wildman–Crippen MR) is 74.7 cm³/mol. The first-order valence-electron chi connectivity index (χ1n) is 6.46. The molecule has 0 atom stereocenters. The number of aromatic nitrogens is 2. The van der Waals surface area contributed by atoms with Crippen LogP contribution in [-0.2, 0) is 4.74 Å². The molecule has 21 heavy (non-hydrogen) atoms. The van der Waals surface area contributed by atoms with E-state index in [1.807, 2.05) is 0 Å². The van der Waals surface area contributed by atoms with Gasteiger partial charge in [0.2, 0.25) is 5.75 Å². The Hall–Kier alpha value is -2.61. The van der Waals surface area contributed by atoms with Crippen molar-refractivity contribution in [2.45, 2.75) is 0 Å². The van der Waals surface area contributed by atoms with E-state index in [1.54, 1.807) is 18.3 Å². The molecule has 0 radical (unpaired) electrons. The van der Waals surface area contributed by atoms with Crippen LogP contribution in [0.4, 0.5) is 5.69 Å². The van der Waals surface area contributed by atoms with Gasteiger partial charge < -0.3 is 20.5 Å². The number of fused-ring (bicyclic) bond motifs is 1. The number of primary amides is 1. The third kappa shape index (κ3) is 2.29. The summed E-state index contributed by atoms with van der Waals surface area (Å²) in [5, 5.41) is 9.74. The van der Waals surface area contributed by atoms with Gasteiger partial charge in [-0.3, -0.25) is 14.0 Å². The summed E-state index contributed by atoms with van der Waals surface area (Å²) >= 11 is 0. The molecule has 2 aromatic rings. The molecule has 8 heteroatoms. The Morgan fingerprint density at radius 1 is 1.33 bits per heavy atom. The summed E-state index contributed by atoms with van der Waals surface area (Å²) in [6.07, 6.45) is 1.58. The molecule has 2 aromatic heterocycles. The van der Waals surface area contributed by atoms with Gasteiger partial charge in [0.1, 0.15) is 5.65 Å². The van der Waals surface area contributed by atoms with Crippen molar-refractivity contribution in [1.82, 2.24) is 9.38 Å². The van der Waals surface area contributed by atoms with Crippen molar-refractivity contribution in [3.05, 3.63) is 34.4 Å². The second-order valence-electron chi connectivity index (χ2n) is 4.69. The molecule has 3 N–H and O–H groups in total. The van der Waals surface area contributed by atoms with Gasteiger partial charge >= 0.3 is 5.56 Å². The van der Waals surface area contributed by atoms with Gasteiger partial charge in [-0.1, -0.05) is 0 Å². The normalized spacial score (nSPS) is 15.3. The van der Waals surface area contributed by atoms with E-state index < -0.39 is 22.9 Å². The monoisotopic (exact) mass is 290 g/mol. The summed E-state index contributed by atoms with van der Waals surface area (Å²) in [6, 6.07) is 3.41. The number of morpholine rings is 1. The second kappa shape index (κ2) is 5.06. The van der Waals surface area contributed by atoms with Crippen LogP contribution in [0.1, 0.15) is 10.5 Å². The largest absolute Gasteiger partial charge is 0.501 e. The van der Waals surface area contributed by atoms with Gasteiger partial charge in [0.25, 0.3) is 5.91 Å². The number of nitrogens with zero attached hydrogens (tertiary/aromatic N) is 3. The lowest BCUT2D eigenvalue weighted by molar-refractivity contribution is 0.0992. The lowest BCUT2D eigenvalue weighted by Gasteiger charge is -2.28. The number of nitrogens with two attached hydrogens (primary N) is 1. The van der Waals surface area contributed by atoms with Crippen molar-refractivity contribution < 1.29 is 14.6 Å². The molecular formula is C13H14N4O4. The van der Waals surface area contributed by atoms with E-state index in [0.29, 0.717) is 13.2 Å². The van der Waals surface area contributed by atoms with Gasteiger partial charge in [-0.05, 0) is 12.1 Å². The van der Waals surface area contributed by atoms with Crippen LogP contribution in [0, 0.1) is 0 Å². The number of anilines is 1. The van der Waals surface area contributed by atoms with Crippen molar-refractivity contribution in [3.8, 4) is 5.75 Å². The van der Waals surface area contributed by atoms with Crippen molar-refractivity contribution in [1.29, 1.82) is 0 Å². The van der Waals surface area contributed by atoms with Crippen LogP contribution in [0.5, 0.6) is 5.75 Å². The zero-order chi connectivity index (χ0) is 15.0. The number of carbonyl (C=O) groups excluding carboxylic acids is 1. The standard InChI is InChI=1S/C13H14N4O4/c14-12(19)10-11(18)13(20)17-7-8(1-2-9(17)15-10)16-3-5-21-6-4-16/h1-2,7,18H,3-6H2,(H2,14,19). The Kier molecular flexibility index (Phi) is 3.22. The maximum atomic E-state index is 12.1. The number of amides is 1. The molecule has 0 aromatic carbocycles. The van der Waals surface area contributed by atoms with Crippen LogP contribution >= 0.6 is 0 Å². The second-order valence-corrected chi connectivity index (χ2v) is 4.69. The minimum atomic E-state index is -0.940. The van der Waals surface area contributed by atoms with Gasteiger partial charge in [0.05, 0.1) is 18.9 Å². The van der Waals surface area contributed by atoms with Crippen molar-refractivity contribution in [2.24, 2.45) is 5.73 Å². The maximum absolute atomic E-state index is 12.1. The topological polar surface area (TPSA) is 110 Å². The first-order valence-corrected chi connectivity index (χ1v) is 6.46. The van der Waals surface area contributed by atoms with Gasteiger partial charge in [-0.15, -0.1) is 0 Å². The van der Waals surface area contributed by atoms with Crippen LogP contribution in [0.2, 0.25) is 0 Å². The summed E-state index contributed by atoms with van der Waals surface area (Å²) in [4.78, 5) is 29.3. The van der Waals surface area contributed by atoms with Gasteiger partial charge in [0, 0.05) is 19.3 Å². The molecule has 1 aliphatic rings. The Morgan fingerprint density at radius 3 is 2.71 bits per heavy atom. The number of hydrogen-bond donors (Lipinski definition) is 2. The van der Waals surface area contributed by atoms with Crippen LogP contribution in [0.15, 0.2) is 23.1 Å². The van der Waals surface area contributed by atoms with Crippen LogP contribution in [0.3, 0.4) is 0 Å². The molecule has 3 heterocycles. The maximum Gasteiger partial charge on any atom is 0.300 e. The first kappa shape index (κ1) is 13.4. The quantitative estimate of drug-likeness (QED) is 0.759. The molecule has 0 saturated carbocycles. The Labute approximate surface area is 119 Å². The smallest absolute Gasteiger partial charge is 0.300 e. The highest BCUT2D eigenvalue weighted by atomic mass is 16.5. The molecule has 3 rings (SSSR count). The van der Waals surface area contributed by atoms with Crippen molar-refractivity contribution in [2.75, 3.05) is 31.2 Å². The number of hydrogen-bond acceptors (Lipinski definition) is 6. The highest BCUT2D eigenvalue weighted by Gasteiger charge is 2.17. The number of carbonyl (C=O) groups is 1. The fraction of sp³-hybridized carbons (Fsp3) is 0.308. The zero-order valence-corrected chi connectivity index (χ0v) is 11.2. The lowest BCUT2D eigenvalue weighted by atomic mass is 10.3. The molecule has 1 fully saturated rings. The molecule has 1 aliphatic heterocycles. The number of rotatable bonds is 2. The third-order valence-corrected chi connectivity index (χ3v) is 3.39. The first-order chi connectivity index (χ1) is 10.1. The third-order valence-electron chi connectivity index (χ3n) is 3.39. The van der Waals surface area contributed by atoms with Crippen LogP contribution in [0.25, 0.3) is 5.65 Å². The summed E-state index contributed by atoms with van der Waals surface area (Å²) in [7, 11) is 0. The molecule has 1 amide bonds. The van der Waals surface area contributed by atoms with Crippen LogP contribution in [-0.4, -0.2) is 46.7 Å². The molecule has 110 valence electrons. The van der Waals surface area contributed by atoms with E-state index >= 15 is 0 Å². The fourth-order valence-corrected chi connectivity index (χ4v) is 2.30. The van der Waals surface area contributed by atoms with E-state index in [2.05, 4.69) is 9.88 Å². The lowest BCUT2D eigenvalue weighted by Crippen LogP contribution is -2.36. The minimum absolute atomic E-state index is 0.253. The van der Waals surface area contributed by atoms with E-state index in [0.717, 1.165) is 18.8 Å². The number of ether oxygens (including phenoxy) is 1. The van der Waals surface area contributed by atoms with Gasteiger partial charge in [-0.2, -0.15) is 0 Å². The fourth-order valence-electron chi connectivity index (χ4n) is 2.30. The summed E-state index contributed by atoms with van der Waals surface area (Å²) in [5.41, 5.74) is 5.03. The minimum Gasteiger partial charge on any atom is -0.501 e. The van der Waals surface area contributed by atoms with Crippen LogP contribution < -0.4 is 16.2 Å². The molecule has 8 nitrogen and oxygen atoms in total. The van der Waals surface area contributed by atoms with E-state index in [1.165, 1.54) is 4.40 Å². The summed E-state index contributed by atoms with van der Waals surface area (Å²) in [6.45, 7) is 2.69.